The number of carbonyl (C=O) groups is 1. The number of allylic oxidation sites excluding steroid dienone is 5. The predicted octanol–water partition coefficient (Wildman–Crippen LogP) is 3.25. The van der Waals surface area contributed by atoms with E-state index >= 15 is 0 Å². The molecule has 0 aliphatic rings. The average Bonchev–Trinajstić information content (AvgIpc) is 2.54. The van der Waals surface area contributed by atoms with Gasteiger partial charge in [-0.3, -0.25) is 9.69 Å². The minimum Gasteiger partial charge on any atom is -0.309 e. The molecule has 1 aromatic carbocycles. The van der Waals surface area contributed by atoms with Gasteiger partial charge < -0.3 is 5.32 Å². The second-order valence-corrected chi connectivity index (χ2v) is 4.98. The van der Waals surface area contributed by atoms with Crippen molar-refractivity contribution in [2.45, 2.75) is 19.4 Å². The van der Waals surface area contributed by atoms with Crippen LogP contribution in [0.5, 0.6) is 0 Å². The van der Waals surface area contributed by atoms with Crippen molar-refractivity contribution in [3.63, 3.8) is 0 Å². The first-order valence-electron chi connectivity index (χ1n) is 7.09. The fraction of sp³-hybridized carbons (Fsp3) is 0.222. The Morgan fingerprint density at radius 1 is 1.36 bits per heavy atom. The largest absolute Gasteiger partial charge is 0.309 e. The highest BCUT2D eigenvalue weighted by atomic mass is 32.1. The van der Waals surface area contributed by atoms with Gasteiger partial charge in [0.05, 0.1) is 11.5 Å². The maximum atomic E-state index is 12.7. The number of carbonyl (C=O) groups excluding carboxylic acids is 1. The number of nitrogens with zero attached hydrogens (tertiary/aromatic N) is 1. The van der Waals surface area contributed by atoms with Crippen LogP contribution in [0, 0.1) is 0 Å². The number of likely N-dealkylation sites (N-methyl/N-ethyl adjacent to an activating group) is 1. The van der Waals surface area contributed by atoms with Gasteiger partial charge in [-0.15, -0.1) is 0 Å². The van der Waals surface area contributed by atoms with Crippen LogP contribution in [0.15, 0.2) is 66.9 Å². The summed E-state index contributed by atoms with van der Waals surface area (Å²) in [6.45, 7) is 5.46. The Bertz CT molecular complexity index is 564. The first kappa shape index (κ1) is 18.0. The highest BCUT2D eigenvalue weighted by Crippen LogP contribution is 2.09. The molecule has 116 valence electrons. The number of rotatable bonds is 8. The van der Waals surface area contributed by atoms with E-state index in [1.807, 2.05) is 49.4 Å². The minimum atomic E-state index is -0.326. The lowest BCUT2D eigenvalue weighted by Gasteiger charge is -2.24. The van der Waals surface area contributed by atoms with E-state index < -0.39 is 0 Å². The van der Waals surface area contributed by atoms with Crippen LogP contribution in [-0.2, 0) is 11.2 Å². The quantitative estimate of drug-likeness (QED) is 0.590. The summed E-state index contributed by atoms with van der Waals surface area (Å²) < 4.78 is 0. The SMILES string of the molecule is C=C/C=C\C=C(/C)N(C=S)C(=O)C(Cc1ccccc1)NC. The third-order valence-corrected chi connectivity index (χ3v) is 3.45. The van der Waals surface area contributed by atoms with Crippen LogP contribution in [-0.4, -0.2) is 29.4 Å². The molecule has 22 heavy (non-hydrogen) atoms. The Morgan fingerprint density at radius 3 is 2.59 bits per heavy atom. The summed E-state index contributed by atoms with van der Waals surface area (Å²) in [6, 6.07) is 9.59. The third kappa shape index (κ3) is 5.39. The van der Waals surface area contributed by atoms with Crippen molar-refractivity contribution in [3.05, 3.63) is 72.5 Å². The zero-order valence-corrected chi connectivity index (χ0v) is 13.8. The molecule has 0 aromatic heterocycles. The molecule has 1 unspecified atom stereocenters. The number of nitrogens with one attached hydrogen (secondary N) is 1. The molecule has 0 spiro atoms. The van der Waals surface area contributed by atoms with E-state index in [-0.39, 0.29) is 11.9 Å². The van der Waals surface area contributed by atoms with Crippen LogP contribution in [0.25, 0.3) is 0 Å². The highest BCUT2D eigenvalue weighted by molar-refractivity contribution is 7.78. The second kappa shape index (κ2) is 9.82. The smallest absolute Gasteiger partial charge is 0.248 e. The Kier molecular flexibility index (Phi) is 8.04. The van der Waals surface area contributed by atoms with E-state index in [9.17, 15) is 4.79 Å². The lowest BCUT2D eigenvalue weighted by atomic mass is 10.0. The molecule has 0 radical (unpaired) electrons. The molecule has 1 rings (SSSR count). The molecule has 4 heteroatoms. The van der Waals surface area contributed by atoms with Crippen molar-refractivity contribution < 1.29 is 4.79 Å². The fourth-order valence-electron chi connectivity index (χ4n) is 1.99. The zero-order valence-electron chi connectivity index (χ0n) is 13.0. The normalized spacial score (nSPS) is 12.9. The maximum Gasteiger partial charge on any atom is 0.248 e. The first-order valence-corrected chi connectivity index (χ1v) is 7.56. The number of benzene rings is 1. The van der Waals surface area contributed by atoms with Gasteiger partial charge in [0.1, 0.15) is 0 Å². The van der Waals surface area contributed by atoms with Crippen LogP contribution < -0.4 is 5.32 Å². The standard InChI is InChI=1S/C18H22N2OS/c1-4-5-7-10-15(2)20(14-22)18(21)17(19-3)13-16-11-8-6-9-12-16/h4-12,14,17,19H,1,13H2,2-3H3/b7-5-,15-10+. The topological polar surface area (TPSA) is 32.3 Å². The molecule has 0 saturated heterocycles. The van der Waals surface area contributed by atoms with Crippen molar-refractivity contribution >= 4 is 23.6 Å². The molecule has 0 bridgehead atoms. The Morgan fingerprint density at radius 2 is 2.05 bits per heavy atom. The summed E-state index contributed by atoms with van der Waals surface area (Å²) >= 11 is 5.00. The molecule has 0 aliphatic carbocycles. The molecular weight excluding hydrogens is 292 g/mol. The van der Waals surface area contributed by atoms with E-state index in [4.69, 9.17) is 12.2 Å². The van der Waals surface area contributed by atoms with Gasteiger partial charge in [-0.05, 0) is 32.0 Å². The van der Waals surface area contributed by atoms with Gasteiger partial charge in [-0.25, -0.2) is 0 Å². The summed E-state index contributed by atoms with van der Waals surface area (Å²) in [7, 11) is 1.78. The summed E-state index contributed by atoms with van der Waals surface area (Å²) in [5.41, 5.74) is 3.25. The monoisotopic (exact) mass is 314 g/mol. The highest BCUT2D eigenvalue weighted by Gasteiger charge is 2.22. The van der Waals surface area contributed by atoms with Crippen molar-refractivity contribution in [2.75, 3.05) is 7.05 Å². The van der Waals surface area contributed by atoms with Crippen LogP contribution >= 0.6 is 12.2 Å². The summed E-state index contributed by atoms with van der Waals surface area (Å²) in [6.07, 6.45) is 7.75. The number of hydrogen-bond donors (Lipinski definition) is 1. The molecule has 0 heterocycles. The third-order valence-electron chi connectivity index (χ3n) is 3.24. The number of amides is 1. The molecule has 0 fully saturated rings. The first-order chi connectivity index (χ1) is 10.6. The van der Waals surface area contributed by atoms with Gasteiger partial charge in [0.25, 0.3) is 0 Å². The van der Waals surface area contributed by atoms with Crippen molar-refractivity contribution in [1.29, 1.82) is 0 Å². The van der Waals surface area contributed by atoms with Crippen LogP contribution in [0.2, 0.25) is 0 Å². The summed E-state index contributed by atoms with van der Waals surface area (Å²) in [5, 5.41) is 3.07. The van der Waals surface area contributed by atoms with E-state index in [2.05, 4.69) is 11.9 Å². The van der Waals surface area contributed by atoms with Gasteiger partial charge in [-0.1, -0.05) is 67.4 Å². The lowest BCUT2D eigenvalue weighted by molar-refractivity contribution is -0.127. The molecular formula is C18H22N2OS. The van der Waals surface area contributed by atoms with E-state index in [0.717, 1.165) is 11.3 Å². The van der Waals surface area contributed by atoms with Gasteiger partial charge in [-0.2, -0.15) is 0 Å². The number of hydrogen-bond acceptors (Lipinski definition) is 3. The Hall–Kier alpha value is -2.04. The molecule has 0 aliphatic heterocycles. The molecule has 3 nitrogen and oxygen atoms in total. The molecule has 1 aromatic rings. The molecule has 1 N–H and O–H groups in total. The minimum absolute atomic E-state index is 0.0675. The van der Waals surface area contributed by atoms with Gasteiger partial charge in [0.15, 0.2) is 0 Å². The van der Waals surface area contributed by atoms with Crippen LogP contribution in [0.1, 0.15) is 12.5 Å². The Balaban J connectivity index is 2.87. The molecule has 1 atom stereocenters. The van der Waals surface area contributed by atoms with E-state index in [1.165, 1.54) is 10.4 Å². The second-order valence-electron chi connectivity index (χ2n) is 4.77. The molecule has 0 saturated carbocycles. The molecule has 1 amide bonds. The fourth-order valence-corrected chi connectivity index (χ4v) is 2.26. The van der Waals surface area contributed by atoms with Gasteiger partial charge >= 0.3 is 0 Å². The summed E-state index contributed by atoms with van der Waals surface area (Å²) in [4.78, 5) is 14.2. The number of thiocarbonyl (C=S) groups is 1. The van der Waals surface area contributed by atoms with Crippen molar-refractivity contribution in [3.8, 4) is 0 Å². The zero-order chi connectivity index (χ0) is 16.4. The van der Waals surface area contributed by atoms with Crippen LogP contribution in [0.3, 0.4) is 0 Å². The van der Waals surface area contributed by atoms with E-state index in [1.54, 1.807) is 19.2 Å². The average molecular weight is 314 g/mol. The van der Waals surface area contributed by atoms with Gasteiger partial charge in [0, 0.05) is 5.70 Å². The van der Waals surface area contributed by atoms with Crippen LogP contribution in [0.4, 0.5) is 0 Å². The van der Waals surface area contributed by atoms with E-state index in [0.29, 0.717) is 6.42 Å². The predicted molar refractivity (Wildman–Crippen MR) is 96.6 cm³/mol. The van der Waals surface area contributed by atoms with Crippen molar-refractivity contribution in [2.24, 2.45) is 0 Å². The lowest BCUT2D eigenvalue weighted by Crippen LogP contribution is -2.45. The summed E-state index contributed by atoms with van der Waals surface area (Å²) in [5.74, 6) is -0.0675. The van der Waals surface area contributed by atoms with Gasteiger partial charge in [0.2, 0.25) is 5.91 Å². The maximum absolute atomic E-state index is 12.7. The Labute approximate surface area is 138 Å². The van der Waals surface area contributed by atoms with Crippen molar-refractivity contribution in [1.82, 2.24) is 10.2 Å².